The molecule has 1 heterocycles. The molecule has 0 radical (unpaired) electrons. The number of imidazole rings is 1. The van der Waals surface area contributed by atoms with Gasteiger partial charge in [-0.2, -0.15) is 0 Å². The molecule has 0 aliphatic carbocycles. The Morgan fingerprint density at radius 2 is 2.21 bits per heavy atom. The summed E-state index contributed by atoms with van der Waals surface area (Å²) in [5.41, 5.74) is 0.00961. The van der Waals surface area contributed by atoms with E-state index >= 15 is 0 Å². The van der Waals surface area contributed by atoms with Gasteiger partial charge in [-0.1, -0.05) is 22.6 Å². The minimum absolute atomic E-state index is 0.199. The van der Waals surface area contributed by atoms with Crippen LogP contribution in [0.3, 0.4) is 0 Å². The molecule has 7 nitrogen and oxygen atoms in total. The number of aliphatic hydroxyl groups excluding tert-OH is 2. The standard InChI is InChI=1S/C11H18IN3O4/c12-3-11(5-16,6-17)4-14-9(10(18)19)1-8-2-13-7-15-8/h2,7,9,14,16-17H,1,3-6H2,(H,13,15)(H,18,19)/t9-/m0/s1. The van der Waals surface area contributed by atoms with Crippen molar-refractivity contribution in [3.05, 3.63) is 18.2 Å². The van der Waals surface area contributed by atoms with Crippen LogP contribution in [-0.4, -0.2) is 61.5 Å². The molecule has 0 saturated heterocycles. The van der Waals surface area contributed by atoms with E-state index < -0.39 is 17.4 Å². The average molecular weight is 383 g/mol. The number of aromatic amines is 1. The second kappa shape index (κ2) is 7.78. The number of halogens is 1. The topological polar surface area (TPSA) is 118 Å². The summed E-state index contributed by atoms with van der Waals surface area (Å²) in [6.07, 6.45) is 3.33. The molecule has 0 unspecified atom stereocenters. The SMILES string of the molecule is O=C(O)[C@H](Cc1cnc[nH]1)NCC(CO)(CO)CI. The molecule has 0 aliphatic rings. The minimum Gasteiger partial charge on any atom is -0.480 e. The van der Waals surface area contributed by atoms with Gasteiger partial charge in [-0.25, -0.2) is 4.98 Å². The molecule has 1 aromatic heterocycles. The lowest BCUT2D eigenvalue weighted by Crippen LogP contribution is -2.48. The molecule has 0 aromatic carbocycles. The van der Waals surface area contributed by atoms with Crippen molar-refractivity contribution in [2.24, 2.45) is 5.41 Å². The number of hydrogen-bond donors (Lipinski definition) is 5. The quantitative estimate of drug-likeness (QED) is 0.287. The Morgan fingerprint density at radius 3 is 2.63 bits per heavy atom. The van der Waals surface area contributed by atoms with Gasteiger partial charge in [-0.15, -0.1) is 0 Å². The molecular weight excluding hydrogens is 365 g/mol. The lowest BCUT2D eigenvalue weighted by Gasteiger charge is -2.29. The fourth-order valence-electron chi connectivity index (χ4n) is 1.50. The first-order valence-corrected chi connectivity index (χ1v) is 7.30. The van der Waals surface area contributed by atoms with Crippen LogP contribution in [-0.2, 0) is 11.2 Å². The molecule has 1 rings (SSSR count). The fraction of sp³-hybridized carbons (Fsp3) is 0.636. The van der Waals surface area contributed by atoms with Gasteiger partial charge >= 0.3 is 5.97 Å². The summed E-state index contributed by atoms with van der Waals surface area (Å²) in [6.45, 7) is -0.167. The Hall–Kier alpha value is -0.710. The zero-order chi connectivity index (χ0) is 14.3. The summed E-state index contributed by atoms with van der Waals surface area (Å²) < 4.78 is 0.529. The van der Waals surface area contributed by atoms with Crippen molar-refractivity contribution in [3.63, 3.8) is 0 Å². The van der Waals surface area contributed by atoms with Gasteiger partial charge in [-0.05, 0) is 0 Å². The third-order valence-electron chi connectivity index (χ3n) is 2.95. The first-order chi connectivity index (χ1) is 9.06. The van der Waals surface area contributed by atoms with Crippen LogP contribution in [0.25, 0.3) is 0 Å². The molecule has 1 aromatic rings. The predicted octanol–water partition coefficient (Wildman–Crippen LogP) is -0.599. The molecule has 0 saturated carbocycles. The van der Waals surface area contributed by atoms with Crippen LogP contribution in [0, 0.1) is 5.41 Å². The monoisotopic (exact) mass is 383 g/mol. The van der Waals surface area contributed by atoms with Crippen molar-refractivity contribution in [1.29, 1.82) is 0 Å². The zero-order valence-electron chi connectivity index (χ0n) is 10.3. The Kier molecular flexibility index (Phi) is 6.69. The van der Waals surface area contributed by atoms with Crippen molar-refractivity contribution >= 4 is 28.6 Å². The van der Waals surface area contributed by atoms with E-state index in [9.17, 15) is 15.0 Å². The summed E-state index contributed by atoms with van der Waals surface area (Å²) in [5, 5.41) is 30.7. The highest BCUT2D eigenvalue weighted by molar-refractivity contribution is 14.1. The van der Waals surface area contributed by atoms with Crippen molar-refractivity contribution in [2.75, 3.05) is 24.2 Å². The average Bonchev–Trinajstić information content (AvgIpc) is 2.92. The smallest absolute Gasteiger partial charge is 0.321 e. The molecule has 8 heteroatoms. The Morgan fingerprint density at radius 1 is 1.53 bits per heavy atom. The molecule has 1 atom stereocenters. The summed E-state index contributed by atoms with van der Waals surface area (Å²) >= 11 is 2.07. The highest BCUT2D eigenvalue weighted by atomic mass is 127. The van der Waals surface area contributed by atoms with Crippen LogP contribution in [0.15, 0.2) is 12.5 Å². The van der Waals surface area contributed by atoms with Gasteiger partial charge in [0.1, 0.15) is 6.04 Å². The van der Waals surface area contributed by atoms with Gasteiger partial charge in [0.15, 0.2) is 0 Å². The molecule has 19 heavy (non-hydrogen) atoms. The fourth-order valence-corrected chi connectivity index (χ4v) is 2.25. The van der Waals surface area contributed by atoms with Gasteiger partial charge in [0.2, 0.25) is 0 Å². The predicted molar refractivity (Wildman–Crippen MR) is 77.2 cm³/mol. The van der Waals surface area contributed by atoms with Gasteiger partial charge in [-0.3, -0.25) is 4.79 Å². The largest absolute Gasteiger partial charge is 0.480 e. The van der Waals surface area contributed by atoms with E-state index in [1.54, 1.807) is 6.20 Å². The normalized spacial score (nSPS) is 13.4. The van der Waals surface area contributed by atoms with Crippen LogP contribution < -0.4 is 5.32 Å². The molecule has 0 aliphatic heterocycles. The van der Waals surface area contributed by atoms with E-state index in [0.717, 1.165) is 0 Å². The zero-order valence-corrected chi connectivity index (χ0v) is 12.5. The van der Waals surface area contributed by atoms with E-state index in [-0.39, 0.29) is 26.2 Å². The van der Waals surface area contributed by atoms with Gasteiger partial charge < -0.3 is 25.6 Å². The third kappa shape index (κ3) is 4.71. The summed E-state index contributed by atoms with van der Waals surface area (Å²) in [6, 6.07) is -0.791. The number of rotatable bonds is 9. The van der Waals surface area contributed by atoms with E-state index in [0.29, 0.717) is 10.1 Å². The van der Waals surface area contributed by atoms with Crippen molar-refractivity contribution in [1.82, 2.24) is 15.3 Å². The Labute approximate surface area is 124 Å². The van der Waals surface area contributed by atoms with Crippen molar-refractivity contribution in [2.45, 2.75) is 12.5 Å². The number of nitrogens with zero attached hydrogens (tertiary/aromatic N) is 1. The molecule has 0 amide bonds. The highest BCUT2D eigenvalue weighted by Crippen LogP contribution is 2.18. The molecule has 0 fully saturated rings. The number of hydrogen-bond acceptors (Lipinski definition) is 5. The first kappa shape index (κ1) is 16.3. The number of carbonyl (C=O) groups is 1. The number of nitrogens with one attached hydrogen (secondary N) is 2. The number of aliphatic carboxylic acids is 1. The van der Waals surface area contributed by atoms with Crippen LogP contribution in [0.1, 0.15) is 5.69 Å². The number of aliphatic hydroxyl groups is 2. The van der Waals surface area contributed by atoms with Gasteiger partial charge in [0, 0.05) is 34.7 Å². The van der Waals surface area contributed by atoms with Crippen molar-refractivity contribution < 1.29 is 20.1 Å². The van der Waals surface area contributed by atoms with Gasteiger partial charge in [0.25, 0.3) is 0 Å². The highest BCUT2D eigenvalue weighted by Gasteiger charge is 2.30. The molecular formula is C11H18IN3O4. The lowest BCUT2D eigenvalue weighted by atomic mass is 9.92. The lowest BCUT2D eigenvalue weighted by molar-refractivity contribution is -0.139. The molecule has 0 spiro atoms. The van der Waals surface area contributed by atoms with E-state index in [4.69, 9.17) is 5.11 Å². The van der Waals surface area contributed by atoms with E-state index in [1.165, 1.54) is 6.33 Å². The van der Waals surface area contributed by atoms with Crippen LogP contribution in [0.2, 0.25) is 0 Å². The number of carboxylic acids is 1. The van der Waals surface area contributed by atoms with Crippen LogP contribution in [0.4, 0.5) is 0 Å². The number of alkyl halides is 1. The Balaban J connectivity index is 2.61. The van der Waals surface area contributed by atoms with E-state index in [1.807, 2.05) is 0 Å². The summed E-state index contributed by atoms with van der Waals surface area (Å²) in [7, 11) is 0. The Bertz CT molecular complexity index is 373. The number of aromatic nitrogens is 2. The first-order valence-electron chi connectivity index (χ1n) is 5.78. The maximum atomic E-state index is 11.2. The maximum absolute atomic E-state index is 11.2. The number of carboxylic acid groups (broad SMARTS) is 1. The second-order valence-corrected chi connectivity index (χ2v) is 5.27. The second-order valence-electron chi connectivity index (χ2n) is 4.50. The molecule has 108 valence electrons. The summed E-state index contributed by atoms with van der Waals surface area (Å²) in [5.74, 6) is -0.979. The number of H-pyrrole nitrogens is 1. The molecule has 5 N–H and O–H groups in total. The summed E-state index contributed by atoms with van der Waals surface area (Å²) in [4.78, 5) is 17.9. The van der Waals surface area contributed by atoms with E-state index in [2.05, 4.69) is 37.9 Å². The maximum Gasteiger partial charge on any atom is 0.321 e. The van der Waals surface area contributed by atoms with Gasteiger partial charge in [0.05, 0.1) is 19.5 Å². The van der Waals surface area contributed by atoms with Crippen LogP contribution >= 0.6 is 22.6 Å². The third-order valence-corrected chi connectivity index (χ3v) is 4.57. The minimum atomic E-state index is -0.979. The molecule has 0 bridgehead atoms. The van der Waals surface area contributed by atoms with Crippen LogP contribution in [0.5, 0.6) is 0 Å². The van der Waals surface area contributed by atoms with Crippen molar-refractivity contribution in [3.8, 4) is 0 Å².